The van der Waals surface area contributed by atoms with E-state index in [9.17, 15) is 14.7 Å². The van der Waals surface area contributed by atoms with Gasteiger partial charge in [0.15, 0.2) is 11.5 Å². The van der Waals surface area contributed by atoms with Crippen molar-refractivity contribution < 1.29 is 24.2 Å². The van der Waals surface area contributed by atoms with Crippen LogP contribution in [0.4, 0.5) is 0 Å². The summed E-state index contributed by atoms with van der Waals surface area (Å²) in [6.07, 6.45) is 0.367. The summed E-state index contributed by atoms with van der Waals surface area (Å²) in [7, 11) is 0. The Kier molecular flexibility index (Phi) is 10.1. The summed E-state index contributed by atoms with van der Waals surface area (Å²) < 4.78 is 14.7. The molecular weight excluding hydrogens is 854 g/mol. The highest BCUT2D eigenvalue weighted by Crippen LogP contribution is 2.37. The molecule has 6 nitrogen and oxygen atoms in total. The van der Waals surface area contributed by atoms with Gasteiger partial charge < -0.3 is 14.6 Å². The van der Waals surface area contributed by atoms with Gasteiger partial charge in [0, 0.05) is 12.5 Å². The zero-order valence-corrected chi connectivity index (χ0v) is 25.8. The highest BCUT2D eigenvalue weighted by atomic mass is 127. The van der Waals surface area contributed by atoms with Gasteiger partial charge in [-0.25, -0.2) is 0 Å². The third-order valence-corrected chi connectivity index (χ3v) is 7.05. The van der Waals surface area contributed by atoms with Gasteiger partial charge in [-0.05, 0) is 147 Å². The van der Waals surface area contributed by atoms with E-state index in [1.54, 1.807) is 0 Å². The number of carboxylic acids is 1. The average Bonchev–Trinajstić information content (AvgIpc) is 2.59. The first-order valence-electron chi connectivity index (χ1n) is 9.10. The molecule has 0 aliphatic rings. The van der Waals surface area contributed by atoms with Crippen LogP contribution in [0.5, 0.6) is 17.2 Å². The number of esters is 1. The predicted molar refractivity (Wildman–Crippen MR) is 153 cm³/mol. The van der Waals surface area contributed by atoms with Gasteiger partial charge >= 0.3 is 11.9 Å². The van der Waals surface area contributed by atoms with E-state index in [-0.39, 0.29) is 11.5 Å². The minimum absolute atomic E-state index is 0.307. The van der Waals surface area contributed by atoms with E-state index in [2.05, 4.69) is 95.7 Å². The van der Waals surface area contributed by atoms with E-state index < -0.39 is 12.0 Å². The largest absolute Gasteiger partial charge is 0.480 e. The molecule has 2 N–H and O–H groups in total. The van der Waals surface area contributed by atoms with E-state index in [1.165, 1.54) is 6.92 Å². The first-order chi connectivity index (χ1) is 14.3. The molecule has 0 aliphatic carbocycles. The number of aliphatic carboxylic acids is 1. The summed E-state index contributed by atoms with van der Waals surface area (Å²) in [4.78, 5) is 23.0. The van der Waals surface area contributed by atoms with Gasteiger partial charge in [-0.2, -0.15) is 0 Å². The number of hydrogen-bond donors (Lipinski definition) is 2. The molecule has 0 fully saturated rings. The van der Waals surface area contributed by atoms with E-state index in [0.29, 0.717) is 23.7 Å². The molecule has 1 unspecified atom stereocenters. The van der Waals surface area contributed by atoms with Crippen LogP contribution in [0.1, 0.15) is 33.3 Å². The molecule has 0 aliphatic heterocycles. The van der Waals surface area contributed by atoms with E-state index >= 15 is 0 Å². The summed E-state index contributed by atoms with van der Waals surface area (Å²) >= 11 is 8.62. The second kappa shape index (κ2) is 11.5. The Balaban J connectivity index is 2.28. The zero-order valence-electron chi connectivity index (χ0n) is 17.2. The number of hydrogen-bond acceptors (Lipinski definition) is 5. The van der Waals surface area contributed by atoms with Gasteiger partial charge in [-0.3, -0.25) is 14.9 Å². The van der Waals surface area contributed by atoms with Crippen LogP contribution in [0.3, 0.4) is 0 Å². The lowest BCUT2D eigenvalue weighted by Crippen LogP contribution is -2.48. The maximum absolute atomic E-state index is 11.7. The Morgan fingerprint density at radius 3 is 1.87 bits per heavy atom. The predicted octanol–water partition coefficient (Wildman–Crippen LogP) is 6.21. The molecule has 1 atom stereocenters. The molecule has 0 saturated carbocycles. The Morgan fingerprint density at radius 1 is 0.968 bits per heavy atom. The van der Waals surface area contributed by atoms with Crippen molar-refractivity contribution in [2.75, 3.05) is 0 Å². The number of halogens is 4. The lowest BCUT2D eigenvalue weighted by molar-refractivity contribution is -0.140. The second-order valence-corrected chi connectivity index (χ2v) is 12.4. The highest BCUT2D eigenvalue weighted by molar-refractivity contribution is 14.1. The van der Waals surface area contributed by atoms with Gasteiger partial charge in [0.1, 0.15) is 11.8 Å². The molecule has 0 aromatic heterocycles. The van der Waals surface area contributed by atoms with Crippen molar-refractivity contribution in [3.05, 3.63) is 44.1 Å². The molecule has 0 saturated heterocycles. The third-order valence-electron chi connectivity index (χ3n) is 3.84. The number of ether oxygens (including phenoxy) is 2. The third kappa shape index (κ3) is 8.41. The SMILES string of the molecule is CC(=O)Oc1c(I)cc(Oc2c(I)cc(CC(NC(C)(C)C)C(=O)O)cc2I)cc1I. The normalized spacial score (nSPS) is 12.4. The van der Waals surface area contributed by atoms with E-state index in [4.69, 9.17) is 9.47 Å². The fraction of sp³-hybridized carbons (Fsp3) is 0.333. The average molecular weight is 875 g/mol. The molecule has 0 bridgehead atoms. The lowest BCUT2D eigenvalue weighted by atomic mass is 10.0. The minimum Gasteiger partial charge on any atom is -0.480 e. The lowest BCUT2D eigenvalue weighted by Gasteiger charge is -2.26. The monoisotopic (exact) mass is 875 g/mol. The number of nitrogens with one attached hydrogen (secondary N) is 1. The van der Waals surface area contributed by atoms with Crippen LogP contribution in [-0.4, -0.2) is 28.6 Å². The van der Waals surface area contributed by atoms with Gasteiger partial charge in [-0.1, -0.05) is 0 Å². The molecule has 31 heavy (non-hydrogen) atoms. The highest BCUT2D eigenvalue weighted by Gasteiger charge is 2.24. The standard InChI is InChI=1S/C21H21I4NO5/c1-10(27)30-18-15(24)8-12(9-16(18)25)31-19-13(22)5-11(6-14(19)23)7-17(20(28)29)26-21(2,3)4/h5-6,8-9,17,26H,7H2,1-4H3,(H,28,29). The van der Waals surface area contributed by atoms with E-state index in [1.807, 2.05) is 45.0 Å². The molecule has 0 amide bonds. The van der Waals surface area contributed by atoms with Gasteiger partial charge in [0.25, 0.3) is 0 Å². The molecular formula is C21H21I4NO5. The topological polar surface area (TPSA) is 84.9 Å². The molecule has 2 rings (SSSR count). The molecule has 2 aromatic rings. The summed E-state index contributed by atoms with van der Waals surface area (Å²) in [5.41, 5.74) is 0.610. The quantitative estimate of drug-likeness (QED) is 0.196. The molecule has 10 heteroatoms. The Bertz CT molecular complexity index is 958. The van der Waals surface area contributed by atoms with Crippen molar-refractivity contribution in [2.45, 2.75) is 45.7 Å². The molecule has 2 aromatic carbocycles. The minimum atomic E-state index is -0.878. The Hall–Kier alpha value is 0.0600. The molecule has 0 radical (unpaired) electrons. The molecule has 0 spiro atoms. The van der Waals surface area contributed by atoms with E-state index in [0.717, 1.165) is 19.8 Å². The second-order valence-electron chi connectivity index (χ2n) is 7.79. The number of benzene rings is 2. The Morgan fingerprint density at radius 2 is 1.45 bits per heavy atom. The van der Waals surface area contributed by atoms with Crippen molar-refractivity contribution in [1.29, 1.82) is 0 Å². The van der Waals surface area contributed by atoms with Crippen LogP contribution >= 0.6 is 90.4 Å². The van der Waals surface area contributed by atoms with Crippen LogP contribution in [0.2, 0.25) is 0 Å². The van der Waals surface area contributed by atoms with Crippen LogP contribution in [0.25, 0.3) is 0 Å². The summed E-state index contributed by atoms with van der Waals surface area (Å²) in [5, 5.41) is 12.7. The van der Waals surface area contributed by atoms with Crippen molar-refractivity contribution in [1.82, 2.24) is 5.32 Å². The first kappa shape index (κ1) is 27.3. The number of carbonyl (C=O) groups is 2. The Labute approximate surface area is 236 Å². The molecule has 168 valence electrons. The maximum atomic E-state index is 11.7. The summed E-state index contributed by atoms with van der Waals surface area (Å²) in [6, 6.07) is 6.84. The molecule has 0 heterocycles. The van der Waals surface area contributed by atoms with Crippen LogP contribution in [0, 0.1) is 14.3 Å². The summed E-state index contributed by atoms with van der Waals surface area (Å²) in [5.74, 6) is 0.604. The number of rotatable bonds is 7. The van der Waals surface area contributed by atoms with Gasteiger partial charge in [0.2, 0.25) is 0 Å². The van der Waals surface area contributed by atoms with Crippen molar-refractivity contribution in [2.24, 2.45) is 0 Å². The number of carbonyl (C=O) groups excluding carboxylic acids is 1. The van der Waals surface area contributed by atoms with Crippen LogP contribution in [-0.2, 0) is 16.0 Å². The smallest absolute Gasteiger partial charge is 0.321 e. The van der Waals surface area contributed by atoms with Gasteiger partial charge in [0.05, 0.1) is 14.3 Å². The van der Waals surface area contributed by atoms with Gasteiger partial charge in [-0.15, -0.1) is 0 Å². The van der Waals surface area contributed by atoms with Crippen molar-refractivity contribution >= 4 is 102 Å². The first-order valence-corrected chi connectivity index (χ1v) is 13.4. The fourth-order valence-corrected chi connectivity index (χ4v) is 6.79. The van der Waals surface area contributed by atoms with Crippen molar-refractivity contribution in [3.63, 3.8) is 0 Å². The van der Waals surface area contributed by atoms with Crippen molar-refractivity contribution in [3.8, 4) is 17.2 Å². The number of carboxylic acid groups (broad SMARTS) is 1. The van der Waals surface area contributed by atoms with Crippen LogP contribution in [0.15, 0.2) is 24.3 Å². The van der Waals surface area contributed by atoms with Crippen LogP contribution < -0.4 is 14.8 Å². The fourth-order valence-electron chi connectivity index (χ4n) is 2.74. The zero-order chi connectivity index (χ0) is 23.5. The summed E-state index contributed by atoms with van der Waals surface area (Å²) in [6.45, 7) is 7.21. The maximum Gasteiger partial charge on any atom is 0.321 e.